The Kier molecular flexibility index (Phi) is 5.33. The van der Waals surface area contributed by atoms with Crippen molar-refractivity contribution in [1.29, 1.82) is 0 Å². The minimum absolute atomic E-state index is 0.0342. The van der Waals surface area contributed by atoms with Gasteiger partial charge in [0.2, 0.25) is 0 Å². The summed E-state index contributed by atoms with van der Waals surface area (Å²) in [6.07, 6.45) is 2.71. The number of hydrogen-bond acceptors (Lipinski definition) is 3. The van der Waals surface area contributed by atoms with Crippen molar-refractivity contribution in [3.63, 3.8) is 0 Å². The molecule has 1 heterocycles. The van der Waals surface area contributed by atoms with Crippen LogP contribution < -0.4 is 4.87 Å². The number of aryl methyl sites for hydroxylation is 1. The fraction of sp³-hybridized carbons (Fsp3) is 0.375. The van der Waals surface area contributed by atoms with E-state index in [4.69, 9.17) is 5.11 Å². The highest BCUT2D eigenvalue weighted by Gasteiger charge is 2.09. The van der Waals surface area contributed by atoms with Gasteiger partial charge in [0.1, 0.15) is 0 Å². The number of thiazole rings is 1. The second-order valence-electron chi connectivity index (χ2n) is 4.98. The number of nitrogens with zero attached hydrogens (tertiary/aromatic N) is 1. The van der Waals surface area contributed by atoms with E-state index in [1.165, 1.54) is 5.56 Å². The zero-order valence-corrected chi connectivity index (χ0v) is 12.9. The Morgan fingerprint density at radius 2 is 2.00 bits per heavy atom. The van der Waals surface area contributed by atoms with Crippen molar-refractivity contribution in [2.75, 3.05) is 0 Å². The minimum Gasteiger partial charge on any atom is -0.481 e. The molecule has 1 aromatic carbocycles. The van der Waals surface area contributed by atoms with Crippen LogP contribution in [0, 0.1) is 0 Å². The molecule has 2 rings (SSSR count). The molecule has 0 aliphatic carbocycles. The molecule has 0 saturated carbocycles. The van der Waals surface area contributed by atoms with Crippen molar-refractivity contribution in [3.8, 4) is 11.3 Å². The van der Waals surface area contributed by atoms with Gasteiger partial charge in [-0.2, -0.15) is 0 Å². The molecule has 1 aromatic heterocycles. The molecular formula is C16H19NO3S. The predicted molar refractivity (Wildman–Crippen MR) is 84.9 cm³/mol. The molecule has 0 aliphatic heterocycles. The fourth-order valence-corrected chi connectivity index (χ4v) is 3.08. The minimum atomic E-state index is -0.830. The second-order valence-corrected chi connectivity index (χ2v) is 5.80. The highest BCUT2D eigenvalue weighted by Crippen LogP contribution is 2.21. The van der Waals surface area contributed by atoms with Crippen molar-refractivity contribution >= 4 is 17.3 Å². The fourth-order valence-electron chi connectivity index (χ4n) is 2.29. The number of carboxylic acids is 1. The number of carbonyl (C=O) groups is 1. The summed E-state index contributed by atoms with van der Waals surface area (Å²) in [4.78, 5) is 22.4. The summed E-state index contributed by atoms with van der Waals surface area (Å²) in [5.74, 6) is -0.830. The highest BCUT2D eigenvalue weighted by atomic mass is 32.1. The highest BCUT2D eigenvalue weighted by molar-refractivity contribution is 7.07. The van der Waals surface area contributed by atoms with Gasteiger partial charge < -0.3 is 5.11 Å². The van der Waals surface area contributed by atoms with E-state index < -0.39 is 5.97 Å². The summed E-state index contributed by atoms with van der Waals surface area (Å²) in [6, 6.07) is 8.23. The van der Waals surface area contributed by atoms with E-state index in [0.717, 1.165) is 35.4 Å². The number of carboxylic acid groups (broad SMARTS) is 1. The van der Waals surface area contributed by atoms with Crippen LogP contribution in [0.25, 0.3) is 11.3 Å². The van der Waals surface area contributed by atoms with E-state index >= 15 is 0 Å². The monoisotopic (exact) mass is 305 g/mol. The average Bonchev–Trinajstić information content (AvgIpc) is 2.81. The molecule has 0 spiro atoms. The number of hydrogen-bond donors (Lipinski definition) is 1. The molecular weight excluding hydrogens is 286 g/mol. The Morgan fingerprint density at radius 1 is 1.29 bits per heavy atom. The molecule has 0 unspecified atom stereocenters. The van der Waals surface area contributed by atoms with Crippen LogP contribution in [0.2, 0.25) is 0 Å². The van der Waals surface area contributed by atoms with Crippen molar-refractivity contribution in [1.82, 2.24) is 4.57 Å². The van der Waals surface area contributed by atoms with E-state index in [0.29, 0.717) is 13.0 Å². The molecule has 4 nitrogen and oxygen atoms in total. The van der Waals surface area contributed by atoms with Gasteiger partial charge >= 0.3 is 10.8 Å². The van der Waals surface area contributed by atoms with E-state index in [1.807, 2.05) is 17.5 Å². The Bertz CT molecular complexity index is 655. The van der Waals surface area contributed by atoms with Crippen LogP contribution in [0.1, 0.15) is 31.7 Å². The molecule has 0 aliphatic rings. The smallest absolute Gasteiger partial charge is 0.307 e. The van der Waals surface area contributed by atoms with Gasteiger partial charge in [0.05, 0.1) is 5.69 Å². The molecule has 112 valence electrons. The first kappa shape index (κ1) is 15.5. The third-order valence-electron chi connectivity index (χ3n) is 3.34. The van der Waals surface area contributed by atoms with Gasteiger partial charge in [0.25, 0.3) is 0 Å². The van der Waals surface area contributed by atoms with Crippen molar-refractivity contribution in [2.24, 2.45) is 0 Å². The Morgan fingerprint density at radius 3 is 2.62 bits per heavy atom. The van der Waals surface area contributed by atoms with Gasteiger partial charge in [-0.15, -0.1) is 0 Å². The molecule has 0 bridgehead atoms. The Balaban J connectivity index is 2.19. The van der Waals surface area contributed by atoms with E-state index in [9.17, 15) is 9.59 Å². The normalized spacial score (nSPS) is 10.7. The largest absolute Gasteiger partial charge is 0.481 e. The average molecular weight is 305 g/mol. The summed E-state index contributed by atoms with van der Waals surface area (Å²) in [5, 5.41) is 10.5. The number of rotatable bonds is 7. The lowest BCUT2D eigenvalue weighted by Gasteiger charge is -2.08. The summed E-state index contributed by atoms with van der Waals surface area (Å²) >= 11 is 1.16. The van der Waals surface area contributed by atoms with Gasteiger partial charge in [-0.1, -0.05) is 48.9 Å². The summed E-state index contributed by atoms with van der Waals surface area (Å²) in [6.45, 7) is 2.59. The third kappa shape index (κ3) is 4.04. The first-order valence-electron chi connectivity index (χ1n) is 7.11. The summed E-state index contributed by atoms with van der Waals surface area (Å²) in [7, 11) is 0. The predicted octanol–water partition coefficient (Wildman–Crippen LogP) is 3.39. The van der Waals surface area contributed by atoms with Crippen LogP contribution >= 0.6 is 11.3 Å². The first-order chi connectivity index (χ1) is 10.1. The maximum absolute atomic E-state index is 11.9. The van der Waals surface area contributed by atoms with Crippen LogP contribution in [0.4, 0.5) is 0 Å². The zero-order valence-electron chi connectivity index (χ0n) is 12.0. The maximum Gasteiger partial charge on any atom is 0.307 e. The SMILES string of the molecule is CCCc1ccc(-c2csc(=O)n2CCCC(=O)O)cc1. The lowest BCUT2D eigenvalue weighted by molar-refractivity contribution is -0.137. The standard InChI is InChI=1S/C16H19NO3S/c1-2-4-12-6-8-13(9-7-12)14-11-21-16(20)17(14)10-3-5-15(18)19/h6-9,11H,2-5,10H2,1H3,(H,18,19). The molecule has 21 heavy (non-hydrogen) atoms. The van der Waals surface area contributed by atoms with Crippen molar-refractivity contribution in [3.05, 3.63) is 44.9 Å². The first-order valence-corrected chi connectivity index (χ1v) is 7.99. The molecule has 1 N–H and O–H groups in total. The van der Waals surface area contributed by atoms with Crippen LogP contribution in [0.5, 0.6) is 0 Å². The molecule has 0 fully saturated rings. The lowest BCUT2D eigenvalue weighted by atomic mass is 10.1. The second kappa shape index (κ2) is 7.22. The molecule has 0 amide bonds. The van der Waals surface area contributed by atoms with Crippen LogP contribution in [-0.2, 0) is 17.8 Å². The van der Waals surface area contributed by atoms with E-state index in [2.05, 4.69) is 19.1 Å². The number of aliphatic carboxylic acids is 1. The molecule has 5 heteroatoms. The number of aromatic nitrogens is 1. The molecule has 0 saturated heterocycles. The van der Waals surface area contributed by atoms with E-state index in [-0.39, 0.29) is 11.3 Å². The van der Waals surface area contributed by atoms with Crippen molar-refractivity contribution in [2.45, 2.75) is 39.2 Å². The van der Waals surface area contributed by atoms with E-state index in [1.54, 1.807) is 4.57 Å². The van der Waals surface area contributed by atoms with Crippen LogP contribution in [0.15, 0.2) is 34.4 Å². The zero-order chi connectivity index (χ0) is 15.2. The number of benzene rings is 1. The van der Waals surface area contributed by atoms with Gasteiger partial charge in [-0.05, 0) is 24.0 Å². The van der Waals surface area contributed by atoms with Crippen LogP contribution in [-0.4, -0.2) is 15.6 Å². The maximum atomic E-state index is 11.9. The van der Waals surface area contributed by atoms with Crippen LogP contribution in [0.3, 0.4) is 0 Å². The van der Waals surface area contributed by atoms with Crippen molar-refractivity contribution < 1.29 is 9.90 Å². The van der Waals surface area contributed by atoms with Gasteiger partial charge in [-0.3, -0.25) is 14.2 Å². The summed E-state index contributed by atoms with van der Waals surface area (Å²) < 4.78 is 1.67. The molecule has 2 aromatic rings. The lowest BCUT2D eigenvalue weighted by Crippen LogP contribution is -2.15. The third-order valence-corrected chi connectivity index (χ3v) is 4.11. The van der Waals surface area contributed by atoms with Gasteiger partial charge in [0, 0.05) is 18.3 Å². The van der Waals surface area contributed by atoms with Gasteiger partial charge in [-0.25, -0.2) is 0 Å². The quantitative estimate of drug-likeness (QED) is 0.853. The molecule has 0 radical (unpaired) electrons. The Hall–Kier alpha value is -1.88. The topological polar surface area (TPSA) is 59.3 Å². The molecule has 0 atom stereocenters. The summed E-state index contributed by atoms with van der Waals surface area (Å²) in [5.41, 5.74) is 3.17. The van der Waals surface area contributed by atoms with Gasteiger partial charge in [0.15, 0.2) is 0 Å². The Labute approximate surface area is 127 Å².